The highest BCUT2D eigenvalue weighted by Crippen LogP contribution is 2.27. The highest BCUT2D eigenvalue weighted by molar-refractivity contribution is 7.71. The zero-order chi connectivity index (χ0) is 15.6. The maximum absolute atomic E-state index is 11.9. The van der Waals surface area contributed by atoms with Crippen LogP contribution in [0.2, 0.25) is 5.02 Å². The van der Waals surface area contributed by atoms with Gasteiger partial charge in [-0.05, 0) is 42.8 Å². The van der Waals surface area contributed by atoms with E-state index in [4.69, 9.17) is 28.6 Å². The summed E-state index contributed by atoms with van der Waals surface area (Å²) in [6, 6.07) is 5.79. The van der Waals surface area contributed by atoms with E-state index in [1.165, 1.54) is 7.11 Å². The number of methoxy groups -OCH3 is 1. The number of benzene rings is 1. The number of hydrogen-bond acceptors (Lipinski definition) is 3. The van der Waals surface area contributed by atoms with Crippen molar-refractivity contribution in [3.8, 4) is 0 Å². The minimum Gasteiger partial charge on any atom is -0.464 e. The summed E-state index contributed by atoms with van der Waals surface area (Å²) in [6.45, 7) is 4.00. The summed E-state index contributed by atoms with van der Waals surface area (Å²) in [5.74, 6) is -0.411. The minimum atomic E-state index is -0.411. The molecule has 0 spiro atoms. The van der Waals surface area contributed by atoms with Crippen LogP contribution in [0.25, 0.3) is 0 Å². The van der Waals surface area contributed by atoms with Crippen LogP contribution >= 0.6 is 23.8 Å². The van der Waals surface area contributed by atoms with Crippen LogP contribution in [-0.2, 0) is 4.74 Å². The molecule has 0 aliphatic rings. The van der Waals surface area contributed by atoms with Crippen LogP contribution in [0.1, 0.15) is 41.0 Å². The number of hydrogen-bond donors (Lipinski definition) is 1. The zero-order valence-corrected chi connectivity index (χ0v) is 13.7. The molecular weight excluding hydrogens is 308 g/mol. The smallest absolute Gasteiger partial charge is 0.356 e. The van der Waals surface area contributed by atoms with E-state index in [0.29, 0.717) is 10.5 Å². The van der Waals surface area contributed by atoms with Crippen molar-refractivity contribution in [2.24, 2.45) is 0 Å². The molecular formula is C15H17ClN2O2S. The summed E-state index contributed by atoms with van der Waals surface area (Å²) in [6.07, 6.45) is 2.37. The number of H-pyrrole nitrogens is 1. The van der Waals surface area contributed by atoms with Gasteiger partial charge in [0.15, 0.2) is 4.77 Å². The molecule has 0 saturated heterocycles. The number of rotatable bonds is 4. The van der Waals surface area contributed by atoms with Crippen molar-refractivity contribution in [3.05, 3.63) is 51.0 Å². The fourth-order valence-electron chi connectivity index (χ4n) is 2.39. The van der Waals surface area contributed by atoms with Crippen LogP contribution in [0.15, 0.2) is 24.4 Å². The number of carbonyl (C=O) groups excluding carboxylic acids is 1. The quantitative estimate of drug-likeness (QED) is 0.674. The Hall–Kier alpha value is -1.59. The molecule has 2 aromatic rings. The topological polar surface area (TPSA) is 47.0 Å². The molecule has 1 atom stereocenters. The molecule has 21 heavy (non-hydrogen) atoms. The van der Waals surface area contributed by atoms with Crippen molar-refractivity contribution in [1.82, 2.24) is 9.55 Å². The Morgan fingerprint density at radius 3 is 2.81 bits per heavy atom. The predicted octanol–water partition coefficient (Wildman–Crippen LogP) is 4.29. The monoisotopic (exact) mass is 324 g/mol. The van der Waals surface area contributed by atoms with Gasteiger partial charge in [-0.3, -0.25) is 0 Å². The number of aromatic amines is 1. The first-order valence-corrected chi connectivity index (χ1v) is 7.42. The van der Waals surface area contributed by atoms with Crippen molar-refractivity contribution in [3.63, 3.8) is 0 Å². The average molecular weight is 325 g/mol. The van der Waals surface area contributed by atoms with Crippen molar-refractivity contribution in [2.45, 2.75) is 26.3 Å². The van der Waals surface area contributed by atoms with Gasteiger partial charge in [-0.1, -0.05) is 30.7 Å². The highest BCUT2D eigenvalue weighted by Gasteiger charge is 2.21. The van der Waals surface area contributed by atoms with Gasteiger partial charge in [-0.2, -0.15) is 0 Å². The molecule has 0 unspecified atom stereocenters. The first kappa shape index (κ1) is 15.8. The second-order valence-corrected chi connectivity index (χ2v) is 5.57. The molecule has 6 heteroatoms. The molecule has 4 nitrogen and oxygen atoms in total. The van der Waals surface area contributed by atoms with Gasteiger partial charge in [0.2, 0.25) is 0 Å². The molecule has 0 aliphatic heterocycles. The summed E-state index contributed by atoms with van der Waals surface area (Å²) in [7, 11) is 1.36. The molecule has 1 aromatic carbocycles. The lowest BCUT2D eigenvalue weighted by atomic mass is 10.0. The summed E-state index contributed by atoms with van der Waals surface area (Å²) in [5, 5.41) is 0.722. The first-order chi connectivity index (χ1) is 9.99. The third-order valence-corrected chi connectivity index (χ3v) is 4.21. The van der Waals surface area contributed by atoms with Crippen molar-refractivity contribution in [1.29, 1.82) is 0 Å². The third-order valence-electron chi connectivity index (χ3n) is 3.47. The SMILES string of the molecule is CC[C@H](c1ccc(Cl)c(C)c1)n1c(C(=O)OC)c[nH]c1=S. The van der Waals surface area contributed by atoms with E-state index in [-0.39, 0.29) is 6.04 Å². The molecule has 112 valence electrons. The third kappa shape index (κ3) is 3.04. The number of esters is 1. The second-order valence-electron chi connectivity index (χ2n) is 4.77. The zero-order valence-electron chi connectivity index (χ0n) is 12.1. The number of imidazole rings is 1. The Morgan fingerprint density at radius 2 is 2.24 bits per heavy atom. The van der Waals surface area contributed by atoms with Gasteiger partial charge >= 0.3 is 5.97 Å². The number of ether oxygens (including phenoxy) is 1. The van der Waals surface area contributed by atoms with E-state index < -0.39 is 5.97 Å². The van der Waals surface area contributed by atoms with Crippen LogP contribution in [-0.4, -0.2) is 22.6 Å². The predicted molar refractivity (Wildman–Crippen MR) is 85.6 cm³/mol. The lowest BCUT2D eigenvalue weighted by Crippen LogP contribution is -2.17. The van der Waals surface area contributed by atoms with Crippen molar-refractivity contribution in [2.75, 3.05) is 7.11 Å². The summed E-state index contributed by atoms with van der Waals surface area (Å²) in [5.41, 5.74) is 2.47. The Labute approximate surface area is 133 Å². The van der Waals surface area contributed by atoms with Gasteiger partial charge in [-0.15, -0.1) is 0 Å². The number of carbonyl (C=O) groups is 1. The summed E-state index contributed by atoms with van der Waals surface area (Å²) < 4.78 is 7.11. The molecule has 0 fully saturated rings. The Kier molecular flexibility index (Phi) is 4.85. The lowest BCUT2D eigenvalue weighted by molar-refractivity contribution is 0.0586. The van der Waals surface area contributed by atoms with Crippen molar-refractivity contribution < 1.29 is 9.53 Å². The molecule has 0 radical (unpaired) electrons. The van der Waals surface area contributed by atoms with Crippen LogP contribution in [0.5, 0.6) is 0 Å². The Morgan fingerprint density at radius 1 is 1.52 bits per heavy atom. The van der Waals surface area contributed by atoms with Gasteiger partial charge in [0, 0.05) is 11.2 Å². The number of aromatic nitrogens is 2. The van der Waals surface area contributed by atoms with Crippen LogP contribution in [0, 0.1) is 11.7 Å². The molecule has 0 bridgehead atoms. The van der Waals surface area contributed by atoms with E-state index in [2.05, 4.69) is 4.98 Å². The van der Waals surface area contributed by atoms with E-state index in [1.54, 1.807) is 10.8 Å². The minimum absolute atomic E-state index is 0.0474. The van der Waals surface area contributed by atoms with Gasteiger partial charge in [-0.25, -0.2) is 4.79 Å². The van der Waals surface area contributed by atoms with Crippen LogP contribution in [0.4, 0.5) is 0 Å². The maximum atomic E-state index is 11.9. The molecule has 2 rings (SSSR count). The Balaban J connectivity index is 2.56. The molecule has 1 N–H and O–H groups in total. The maximum Gasteiger partial charge on any atom is 0.356 e. The molecule has 0 aliphatic carbocycles. The van der Waals surface area contributed by atoms with Crippen LogP contribution in [0.3, 0.4) is 0 Å². The van der Waals surface area contributed by atoms with Gasteiger partial charge < -0.3 is 14.3 Å². The number of halogens is 1. The summed E-state index contributed by atoms with van der Waals surface area (Å²) in [4.78, 5) is 14.8. The number of nitrogens with zero attached hydrogens (tertiary/aromatic N) is 1. The van der Waals surface area contributed by atoms with E-state index >= 15 is 0 Å². The van der Waals surface area contributed by atoms with E-state index in [0.717, 1.165) is 22.6 Å². The van der Waals surface area contributed by atoms with E-state index in [1.807, 2.05) is 32.0 Å². The number of nitrogens with one attached hydrogen (secondary N) is 1. The average Bonchev–Trinajstić information content (AvgIpc) is 2.85. The molecule has 0 amide bonds. The van der Waals surface area contributed by atoms with Gasteiger partial charge in [0.1, 0.15) is 5.69 Å². The summed E-state index contributed by atoms with van der Waals surface area (Å²) >= 11 is 11.4. The fourth-order valence-corrected chi connectivity index (χ4v) is 2.79. The highest BCUT2D eigenvalue weighted by atomic mass is 35.5. The second kappa shape index (κ2) is 6.45. The van der Waals surface area contributed by atoms with Crippen LogP contribution < -0.4 is 0 Å². The van der Waals surface area contributed by atoms with Gasteiger partial charge in [0.05, 0.1) is 13.2 Å². The number of aryl methyl sites for hydroxylation is 1. The largest absolute Gasteiger partial charge is 0.464 e. The normalized spacial score (nSPS) is 12.2. The fraction of sp³-hybridized carbons (Fsp3) is 0.333. The standard InChI is InChI=1S/C15H17ClN2O2S/c1-4-12(10-5-6-11(16)9(2)7-10)18-13(14(19)20-3)8-17-15(18)21/h5-8,12H,4H2,1-3H3,(H,17,21)/t12-/m1/s1. The first-order valence-electron chi connectivity index (χ1n) is 6.63. The van der Waals surface area contributed by atoms with E-state index in [9.17, 15) is 4.79 Å². The molecule has 1 heterocycles. The Bertz CT molecular complexity index is 721. The molecule has 1 aromatic heterocycles. The van der Waals surface area contributed by atoms with Crippen molar-refractivity contribution >= 4 is 29.8 Å². The molecule has 0 saturated carbocycles. The lowest BCUT2D eigenvalue weighted by Gasteiger charge is -2.20. The van der Waals surface area contributed by atoms with Gasteiger partial charge in [0.25, 0.3) is 0 Å².